The number of pyridine rings is 3. The first-order valence-electron chi connectivity index (χ1n) is 12.9. The molecule has 5 aromatic heterocycles. The third kappa shape index (κ3) is 4.26. The first kappa shape index (κ1) is 22.6. The van der Waals surface area contributed by atoms with E-state index in [9.17, 15) is 0 Å². The highest BCUT2D eigenvalue weighted by Gasteiger charge is 2.17. The number of para-hydroxylation sites is 1. The predicted octanol–water partition coefficient (Wildman–Crippen LogP) is 5.10. The predicted molar refractivity (Wildman–Crippen MR) is 147 cm³/mol. The molecule has 7 rings (SSSR count). The Labute approximate surface area is 219 Å². The fourth-order valence-corrected chi connectivity index (χ4v) is 5.03. The number of hydrogen-bond donors (Lipinski definition) is 2. The van der Waals surface area contributed by atoms with E-state index < -0.39 is 0 Å². The Kier molecular flexibility index (Phi) is 5.75. The van der Waals surface area contributed by atoms with Crippen LogP contribution in [0.2, 0.25) is 0 Å². The van der Waals surface area contributed by atoms with Crippen LogP contribution in [0.4, 0.5) is 0 Å². The number of H-pyrrole nitrogens is 2. The number of aromatic nitrogens is 7. The molecule has 0 unspecified atom stereocenters. The smallest absolute Gasteiger partial charge is 0.161 e. The number of aromatic amines is 2. The lowest BCUT2D eigenvalue weighted by Crippen LogP contribution is -2.25. The maximum absolute atomic E-state index is 6.01. The summed E-state index contributed by atoms with van der Waals surface area (Å²) in [5.74, 6) is 1.40. The molecule has 1 aliphatic heterocycles. The minimum absolute atomic E-state index is 0.649. The van der Waals surface area contributed by atoms with Crippen molar-refractivity contribution in [1.29, 1.82) is 0 Å². The van der Waals surface area contributed by atoms with Gasteiger partial charge in [-0.05, 0) is 62.3 Å². The highest BCUT2D eigenvalue weighted by Crippen LogP contribution is 2.31. The van der Waals surface area contributed by atoms with Crippen molar-refractivity contribution in [2.24, 2.45) is 0 Å². The van der Waals surface area contributed by atoms with Gasteiger partial charge >= 0.3 is 0 Å². The number of likely N-dealkylation sites (tertiary alicyclic amines) is 1. The number of fused-ring (bicyclic) bond motifs is 2. The Bertz CT molecular complexity index is 1720. The van der Waals surface area contributed by atoms with Gasteiger partial charge in [0.2, 0.25) is 0 Å². The summed E-state index contributed by atoms with van der Waals surface area (Å²) in [5.41, 5.74) is 7.51. The Hall–Kier alpha value is -4.63. The van der Waals surface area contributed by atoms with E-state index >= 15 is 0 Å². The molecule has 2 N–H and O–H groups in total. The number of nitrogens with one attached hydrogen (secondary N) is 2. The normalized spacial score (nSPS) is 14.0. The van der Waals surface area contributed by atoms with E-state index in [1.54, 1.807) is 12.4 Å². The lowest BCUT2D eigenvalue weighted by Gasteiger charge is -2.15. The molecule has 1 fully saturated rings. The van der Waals surface area contributed by atoms with Crippen LogP contribution in [0.3, 0.4) is 0 Å². The summed E-state index contributed by atoms with van der Waals surface area (Å²) in [6.07, 6.45) is 7.91. The molecule has 0 amide bonds. The fraction of sp³-hybridized carbons (Fsp3) is 0.207. The molecule has 0 spiro atoms. The summed E-state index contributed by atoms with van der Waals surface area (Å²) in [5, 5.41) is 7.64. The van der Waals surface area contributed by atoms with E-state index in [0.717, 1.165) is 70.0 Å². The van der Waals surface area contributed by atoms with Crippen LogP contribution >= 0.6 is 0 Å². The number of imidazole rings is 1. The number of rotatable bonds is 7. The van der Waals surface area contributed by atoms with Gasteiger partial charge in [-0.25, -0.2) is 9.97 Å². The van der Waals surface area contributed by atoms with Gasteiger partial charge in [0.05, 0.1) is 34.1 Å². The Balaban J connectivity index is 1.20. The molecule has 0 saturated carbocycles. The van der Waals surface area contributed by atoms with Crippen LogP contribution < -0.4 is 4.74 Å². The highest BCUT2D eigenvalue weighted by molar-refractivity contribution is 5.95. The molecule has 6 aromatic rings. The van der Waals surface area contributed by atoms with Gasteiger partial charge in [0.25, 0.3) is 0 Å². The van der Waals surface area contributed by atoms with Crippen LogP contribution in [-0.4, -0.2) is 66.3 Å². The SMILES string of the molecule is c1ccc(-c2cccc3[nH]c(-c4n[nH]c5ccc(-c6cncc(OCCN7CCCC7)c6)nc45)nc23)nc1. The zero-order chi connectivity index (χ0) is 25.3. The first-order chi connectivity index (χ1) is 18.8. The molecule has 1 aliphatic rings. The van der Waals surface area contributed by atoms with Crippen LogP contribution in [0.25, 0.3) is 56.1 Å². The van der Waals surface area contributed by atoms with Crippen LogP contribution in [-0.2, 0) is 0 Å². The molecule has 0 radical (unpaired) electrons. The van der Waals surface area contributed by atoms with Crippen molar-refractivity contribution in [2.75, 3.05) is 26.2 Å². The van der Waals surface area contributed by atoms with Gasteiger partial charge < -0.3 is 9.72 Å². The van der Waals surface area contributed by atoms with E-state index in [4.69, 9.17) is 14.7 Å². The van der Waals surface area contributed by atoms with Crippen LogP contribution in [0.1, 0.15) is 12.8 Å². The second kappa shape index (κ2) is 9.68. The van der Waals surface area contributed by atoms with Gasteiger partial charge in [-0.3, -0.25) is 20.0 Å². The minimum Gasteiger partial charge on any atom is -0.491 e. The van der Waals surface area contributed by atoms with Crippen molar-refractivity contribution in [2.45, 2.75) is 12.8 Å². The molecule has 0 atom stereocenters. The molecule has 9 heteroatoms. The van der Waals surface area contributed by atoms with Gasteiger partial charge in [-0.2, -0.15) is 5.10 Å². The molecule has 0 bridgehead atoms. The molecular weight excluding hydrogens is 476 g/mol. The molecule has 1 aromatic carbocycles. The first-order valence-corrected chi connectivity index (χ1v) is 12.9. The molecule has 38 heavy (non-hydrogen) atoms. The van der Waals surface area contributed by atoms with E-state index in [0.29, 0.717) is 18.1 Å². The lowest BCUT2D eigenvalue weighted by molar-refractivity contribution is 0.237. The summed E-state index contributed by atoms with van der Waals surface area (Å²) in [6, 6.07) is 17.8. The fourth-order valence-electron chi connectivity index (χ4n) is 5.03. The van der Waals surface area contributed by atoms with Gasteiger partial charge in [-0.15, -0.1) is 0 Å². The maximum Gasteiger partial charge on any atom is 0.161 e. The van der Waals surface area contributed by atoms with Crippen molar-refractivity contribution in [1.82, 2.24) is 40.0 Å². The number of benzene rings is 1. The molecule has 6 heterocycles. The average Bonchev–Trinajstić information content (AvgIpc) is 3.73. The topological polar surface area (TPSA) is 108 Å². The van der Waals surface area contributed by atoms with Gasteiger partial charge in [-0.1, -0.05) is 18.2 Å². The number of hydrogen-bond acceptors (Lipinski definition) is 7. The Morgan fingerprint density at radius 2 is 1.82 bits per heavy atom. The van der Waals surface area contributed by atoms with Crippen molar-refractivity contribution in [3.05, 3.63) is 73.2 Å². The summed E-state index contributed by atoms with van der Waals surface area (Å²) in [7, 11) is 0. The van der Waals surface area contributed by atoms with E-state index in [1.165, 1.54) is 12.8 Å². The van der Waals surface area contributed by atoms with Crippen molar-refractivity contribution < 1.29 is 4.74 Å². The third-order valence-electron chi connectivity index (χ3n) is 6.97. The second-order valence-corrected chi connectivity index (χ2v) is 9.47. The highest BCUT2D eigenvalue weighted by atomic mass is 16.5. The maximum atomic E-state index is 6.01. The molecule has 0 aliphatic carbocycles. The second-order valence-electron chi connectivity index (χ2n) is 9.47. The van der Waals surface area contributed by atoms with Gasteiger partial charge in [0.1, 0.15) is 17.9 Å². The van der Waals surface area contributed by atoms with E-state index in [1.807, 2.05) is 60.8 Å². The minimum atomic E-state index is 0.649. The van der Waals surface area contributed by atoms with Crippen LogP contribution in [0.5, 0.6) is 5.75 Å². The molecule has 9 nitrogen and oxygen atoms in total. The summed E-state index contributed by atoms with van der Waals surface area (Å²) >= 11 is 0. The average molecular weight is 503 g/mol. The van der Waals surface area contributed by atoms with Crippen molar-refractivity contribution in [3.63, 3.8) is 0 Å². The number of nitrogens with zero attached hydrogens (tertiary/aromatic N) is 6. The Morgan fingerprint density at radius 3 is 2.71 bits per heavy atom. The monoisotopic (exact) mass is 502 g/mol. The zero-order valence-electron chi connectivity index (χ0n) is 20.8. The van der Waals surface area contributed by atoms with E-state index in [-0.39, 0.29) is 0 Å². The van der Waals surface area contributed by atoms with Gasteiger partial charge in [0, 0.05) is 30.1 Å². The Morgan fingerprint density at radius 1 is 0.868 bits per heavy atom. The summed E-state index contributed by atoms with van der Waals surface area (Å²) < 4.78 is 6.01. The van der Waals surface area contributed by atoms with Crippen LogP contribution in [0, 0.1) is 0 Å². The summed E-state index contributed by atoms with van der Waals surface area (Å²) in [4.78, 5) is 24.6. The van der Waals surface area contributed by atoms with Crippen LogP contribution in [0.15, 0.2) is 73.2 Å². The quantitative estimate of drug-likeness (QED) is 0.313. The largest absolute Gasteiger partial charge is 0.491 e. The summed E-state index contributed by atoms with van der Waals surface area (Å²) in [6.45, 7) is 3.91. The molecule has 188 valence electrons. The van der Waals surface area contributed by atoms with Crippen molar-refractivity contribution >= 4 is 22.1 Å². The van der Waals surface area contributed by atoms with E-state index in [2.05, 4.69) is 30.0 Å². The third-order valence-corrected chi connectivity index (χ3v) is 6.97. The standard InChI is InChI=1S/C29H26N8O/c1-2-11-31-23(7-1)21-6-5-8-24-26(21)34-29(33-24)28-27-25(35-36-28)10-9-22(32-27)19-16-20(18-30-17-19)38-15-14-37-12-3-4-13-37/h1-2,5-11,16-18H,3-4,12-15H2,(H,33,34)(H,35,36). The molecular formula is C29H26N8O. The lowest BCUT2D eigenvalue weighted by atomic mass is 10.1. The van der Waals surface area contributed by atoms with Crippen molar-refractivity contribution in [3.8, 4) is 39.8 Å². The molecule has 1 saturated heterocycles. The van der Waals surface area contributed by atoms with Gasteiger partial charge in [0.15, 0.2) is 11.5 Å². The number of ether oxygens (including phenoxy) is 1. The zero-order valence-corrected chi connectivity index (χ0v) is 20.8.